The van der Waals surface area contributed by atoms with Gasteiger partial charge >= 0.3 is 12.1 Å². The minimum absolute atomic E-state index is 0.0712. The maximum Gasteiger partial charge on any atom is 0.410 e. The van der Waals surface area contributed by atoms with Gasteiger partial charge in [0.05, 0.1) is 6.54 Å². The fourth-order valence-electron chi connectivity index (χ4n) is 5.30. The molecule has 3 aromatic carbocycles. The molecule has 6 rings (SSSR count). The molecule has 0 unspecified atom stereocenters. The van der Waals surface area contributed by atoms with Gasteiger partial charge in [0, 0.05) is 28.9 Å². The molecule has 2 aliphatic rings. The van der Waals surface area contributed by atoms with Gasteiger partial charge < -0.3 is 14.8 Å². The number of fused-ring (bicyclic) bond motifs is 6. The molecule has 0 saturated carbocycles. The van der Waals surface area contributed by atoms with Crippen LogP contribution in [0.2, 0.25) is 0 Å². The molecular formula is C27H22N2O4. The highest BCUT2D eigenvalue weighted by atomic mass is 16.6. The topological polar surface area (TPSA) is 82.6 Å². The molecule has 2 N–H and O–H groups in total. The summed E-state index contributed by atoms with van der Waals surface area (Å²) in [6.45, 7) is 0.340. The first kappa shape index (κ1) is 19.6. The summed E-state index contributed by atoms with van der Waals surface area (Å²) in [6, 6.07) is 23.1. The summed E-state index contributed by atoms with van der Waals surface area (Å²) in [4.78, 5) is 29.9. The number of ether oxygens (including phenoxy) is 1. The van der Waals surface area contributed by atoms with Crippen LogP contribution in [0.5, 0.6) is 0 Å². The summed E-state index contributed by atoms with van der Waals surface area (Å²) in [5.74, 6) is -1.10. The predicted molar refractivity (Wildman–Crippen MR) is 124 cm³/mol. The van der Waals surface area contributed by atoms with Crippen LogP contribution in [0.15, 0.2) is 72.8 Å². The molecule has 4 aromatic rings. The van der Waals surface area contributed by atoms with Crippen LogP contribution in [0.1, 0.15) is 28.3 Å². The summed E-state index contributed by atoms with van der Waals surface area (Å²) in [7, 11) is 0. The van der Waals surface area contributed by atoms with Crippen molar-refractivity contribution in [3.63, 3.8) is 0 Å². The third-order valence-corrected chi connectivity index (χ3v) is 6.86. The van der Waals surface area contributed by atoms with E-state index in [1.165, 1.54) is 4.90 Å². The van der Waals surface area contributed by atoms with E-state index >= 15 is 0 Å². The fourth-order valence-corrected chi connectivity index (χ4v) is 5.30. The van der Waals surface area contributed by atoms with E-state index < -0.39 is 18.1 Å². The number of carboxylic acid groups (broad SMARTS) is 1. The number of nitrogens with zero attached hydrogens (tertiary/aromatic N) is 1. The molecule has 6 nitrogen and oxygen atoms in total. The molecule has 0 saturated heterocycles. The minimum atomic E-state index is -1.03. The summed E-state index contributed by atoms with van der Waals surface area (Å²) in [5.41, 5.74) is 7.32. The number of aromatic amines is 1. The average Bonchev–Trinajstić information content (AvgIpc) is 3.37. The van der Waals surface area contributed by atoms with Crippen molar-refractivity contribution >= 4 is 23.0 Å². The first-order valence-electron chi connectivity index (χ1n) is 11.0. The van der Waals surface area contributed by atoms with Crippen LogP contribution in [0, 0.1) is 0 Å². The van der Waals surface area contributed by atoms with E-state index in [2.05, 4.69) is 29.2 Å². The maximum absolute atomic E-state index is 13.1. The highest BCUT2D eigenvalue weighted by Crippen LogP contribution is 2.44. The number of aliphatic carboxylic acids is 1. The van der Waals surface area contributed by atoms with E-state index in [0.29, 0.717) is 0 Å². The number of aromatic nitrogens is 1. The number of carboxylic acids is 1. The molecule has 2 heterocycles. The van der Waals surface area contributed by atoms with Crippen molar-refractivity contribution < 1.29 is 19.4 Å². The Kier molecular flexibility index (Phi) is 4.47. The third kappa shape index (κ3) is 3.09. The van der Waals surface area contributed by atoms with Crippen LogP contribution in [0.3, 0.4) is 0 Å². The maximum atomic E-state index is 13.1. The normalized spacial score (nSPS) is 16.8. The number of carbonyl (C=O) groups is 2. The molecule has 0 bridgehead atoms. The first-order valence-corrected chi connectivity index (χ1v) is 11.0. The second kappa shape index (κ2) is 7.52. The van der Waals surface area contributed by atoms with Gasteiger partial charge in [-0.25, -0.2) is 9.59 Å². The van der Waals surface area contributed by atoms with Crippen LogP contribution in [0.4, 0.5) is 4.79 Å². The van der Waals surface area contributed by atoms with Crippen molar-refractivity contribution in [2.45, 2.75) is 24.9 Å². The summed E-state index contributed by atoms with van der Waals surface area (Å²) in [6.07, 6.45) is -0.354. The SMILES string of the molecule is O=C(O)[C@@H]1Cc2c([nH]c3ccccc23)CN1C(=O)OCC1c2ccccc2-c2ccccc21. The summed E-state index contributed by atoms with van der Waals surface area (Å²) >= 11 is 0. The fraction of sp³-hybridized carbons (Fsp3) is 0.185. The Bertz CT molecular complexity index is 1360. The quantitative estimate of drug-likeness (QED) is 0.475. The Morgan fingerprint density at radius 2 is 1.58 bits per heavy atom. The zero-order valence-corrected chi connectivity index (χ0v) is 17.8. The zero-order chi connectivity index (χ0) is 22.5. The Balaban J connectivity index is 1.27. The lowest BCUT2D eigenvalue weighted by molar-refractivity contribution is -0.143. The Labute approximate surface area is 190 Å². The molecule has 6 heteroatoms. The van der Waals surface area contributed by atoms with Gasteiger partial charge in [0.1, 0.15) is 12.6 Å². The molecule has 0 spiro atoms. The van der Waals surface area contributed by atoms with E-state index in [4.69, 9.17) is 4.74 Å². The molecule has 1 amide bonds. The minimum Gasteiger partial charge on any atom is -0.480 e. The van der Waals surface area contributed by atoms with Crippen molar-refractivity contribution in [2.75, 3.05) is 6.61 Å². The lowest BCUT2D eigenvalue weighted by atomic mass is 9.97. The molecule has 1 aliphatic carbocycles. The van der Waals surface area contributed by atoms with Crippen molar-refractivity contribution in [2.24, 2.45) is 0 Å². The number of rotatable bonds is 3. The van der Waals surface area contributed by atoms with E-state index in [9.17, 15) is 14.7 Å². The van der Waals surface area contributed by atoms with Crippen molar-refractivity contribution in [1.29, 1.82) is 0 Å². The number of amides is 1. The van der Waals surface area contributed by atoms with E-state index in [0.717, 1.165) is 44.4 Å². The van der Waals surface area contributed by atoms with E-state index in [1.807, 2.05) is 48.5 Å². The van der Waals surface area contributed by atoms with Crippen molar-refractivity contribution in [3.8, 4) is 11.1 Å². The number of nitrogens with one attached hydrogen (secondary N) is 1. The Morgan fingerprint density at radius 1 is 0.939 bits per heavy atom. The molecule has 164 valence electrons. The van der Waals surface area contributed by atoms with Crippen LogP contribution in [-0.4, -0.2) is 39.7 Å². The van der Waals surface area contributed by atoms with E-state index in [-0.39, 0.29) is 25.5 Å². The molecule has 1 atom stereocenters. The number of benzene rings is 3. The van der Waals surface area contributed by atoms with Gasteiger partial charge in [0.25, 0.3) is 0 Å². The number of H-pyrrole nitrogens is 1. The lowest BCUT2D eigenvalue weighted by Gasteiger charge is -2.32. The van der Waals surface area contributed by atoms with Crippen molar-refractivity contribution in [1.82, 2.24) is 9.88 Å². The number of hydrogen-bond donors (Lipinski definition) is 2. The largest absolute Gasteiger partial charge is 0.480 e. The number of para-hydroxylation sites is 1. The average molecular weight is 438 g/mol. The highest BCUT2D eigenvalue weighted by molar-refractivity contribution is 5.88. The second-order valence-corrected chi connectivity index (χ2v) is 8.62. The molecule has 1 aromatic heterocycles. The number of carbonyl (C=O) groups excluding carboxylic acids is 1. The number of hydrogen-bond acceptors (Lipinski definition) is 3. The third-order valence-electron chi connectivity index (χ3n) is 6.86. The van der Waals surface area contributed by atoms with Crippen LogP contribution in [-0.2, 0) is 22.5 Å². The van der Waals surface area contributed by atoms with Crippen LogP contribution >= 0.6 is 0 Å². The second-order valence-electron chi connectivity index (χ2n) is 8.62. The Morgan fingerprint density at radius 3 is 2.27 bits per heavy atom. The van der Waals surface area contributed by atoms with Gasteiger partial charge in [-0.1, -0.05) is 66.7 Å². The van der Waals surface area contributed by atoms with Gasteiger partial charge in [0.15, 0.2) is 0 Å². The van der Waals surface area contributed by atoms with E-state index in [1.54, 1.807) is 0 Å². The lowest BCUT2D eigenvalue weighted by Crippen LogP contribution is -2.49. The molecule has 33 heavy (non-hydrogen) atoms. The summed E-state index contributed by atoms with van der Waals surface area (Å²) < 4.78 is 5.76. The van der Waals surface area contributed by atoms with Crippen molar-refractivity contribution in [3.05, 3.63) is 95.2 Å². The van der Waals surface area contributed by atoms with Gasteiger partial charge in [-0.05, 0) is 33.9 Å². The highest BCUT2D eigenvalue weighted by Gasteiger charge is 2.38. The molecule has 0 fully saturated rings. The standard InChI is InChI=1S/C27H22N2O4/c30-26(31)25-13-21-20-11-5-6-12-23(20)28-24(21)14-29(25)27(32)33-15-22-18-9-3-1-7-16(18)17-8-2-4-10-19(17)22/h1-12,22,25,28H,13-15H2,(H,30,31)/t25-/m0/s1. The smallest absolute Gasteiger partial charge is 0.410 e. The zero-order valence-electron chi connectivity index (χ0n) is 17.8. The predicted octanol–water partition coefficient (Wildman–Crippen LogP) is 4.93. The monoisotopic (exact) mass is 438 g/mol. The van der Waals surface area contributed by atoms with Gasteiger partial charge in [-0.2, -0.15) is 0 Å². The van der Waals surface area contributed by atoms with Gasteiger partial charge in [0.2, 0.25) is 0 Å². The summed E-state index contributed by atoms with van der Waals surface area (Å²) in [5, 5.41) is 10.9. The van der Waals surface area contributed by atoms with Gasteiger partial charge in [-0.15, -0.1) is 0 Å². The molecule has 0 radical (unpaired) electrons. The molecule has 1 aliphatic heterocycles. The van der Waals surface area contributed by atoms with Gasteiger partial charge in [-0.3, -0.25) is 4.90 Å². The van der Waals surface area contributed by atoms with Crippen LogP contribution in [0.25, 0.3) is 22.0 Å². The first-order chi connectivity index (χ1) is 16.1. The Hall–Kier alpha value is -4.06. The molecular weight excluding hydrogens is 416 g/mol. The van der Waals surface area contributed by atoms with Crippen LogP contribution < -0.4 is 0 Å².